The molecule has 0 aromatic heterocycles. The van der Waals surface area contributed by atoms with Crippen molar-refractivity contribution < 1.29 is 0 Å². The lowest BCUT2D eigenvalue weighted by Crippen LogP contribution is -2.40. The molecule has 0 unspecified atom stereocenters. The molecule has 0 fully saturated rings. The van der Waals surface area contributed by atoms with Crippen LogP contribution in [0, 0.1) is 0 Å². The lowest BCUT2D eigenvalue weighted by atomic mass is 9.35. The highest BCUT2D eigenvalue weighted by Gasteiger charge is 2.39. The Bertz CT molecular complexity index is 2770. The van der Waals surface area contributed by atoms with Gasteiger partial charge in [-0.1, -0.05) is 150 Å². The summed E-state index contributed by atoms with van der Waals surface area (Å²) in [6.45, 7) is 0.224. The molecule has 4 aliphatic rings. The summed E-state index contributed by atoms with van der Waals surface area (Å²) >= 11 is 0. The van der Waals surface area contributed by atoms with Crippen molar-refractivity contribution in [2.24, 2.45) is 0 Å². The number of benzene rings is 7. The Hall–Kier alpha value is -6.38. The molecular weight excluding hydrogens is 601 g/mol. The average molecular weight is 632 g/mol. The molecule has 0 saturated heterocycles. The first kappa shape index (κ1) is 27.6. The monoisotopic (exact) mass is 631 g/mol. The van der Waals surface area contributed by atoms with Crippen LogP contribution in [0.2, 0.25) is 0 Å². The molecule has 0 N–H and O–H groups in total. The smallest absolute Gasteiger partial charge is 0.235 e. The van der Waals surface area contributed by atoms with Gasteiger partial charge in [-0.15, -0.1) is 5.98 Å². The van der Waals surface area contributed by atoms with Gasteiger partial charge in [-0.3, -0.25) is 0 Å². The van der Waals surface area contributed by atoms with Gasteiger partial charge >= 0.3 is 0 Å². The number of nitrogens with zero attached hydrogens (tertiary/aromatic N) is 1. The Kier molecular flexibility index (Phi) is 5.82. The van der Waals surface area contributed by atoms with E-state index in [1.165, 1.54) is 99.2 Å². The Labute approximate surface area is 291 Å². The van der Waals surface area contributed by atoms with Gasteiger partial charge in [-0.05, 0) is 96.1 Å². The van der Waals surface area contributed by atoms with Crippen molar-refractivity contribution in [3.05, 3.63) is 210 Å². The van der Waals surface area contributed by atoms with E-state index < -0.39 is 0 Å². The third-order valence-corrected chi connectivity index (χ3v) is 11.1. The summed E-state index contributed by atoms with van der Waals surface area (Å²) in [6.07, 6.45) is 13.7. The second-order valence-corrected chi connectivity index (χ2v) is 13.6. The molecule has 0 radical (unpaired) electrons. The summed E-state index contributed by atoms with van der Waals surface area (Å²) in [5.74, 6) is 2.36. The van der Waals surface area contributed by atoms with Crippen LogP contribution >= 0.6 is 0 Å². The minimum atomic E-state index is 0.224. The van der Waals surface area contributed by atoms with Gasteiger partial charge in [0.2, 0.25) is 6.71 Å². The minimum absolute atomic E-state index is 0.224. The zero-order valence-corrected chi connectivity index (χ0v) is 27.3. The van der Waals surface area contributed by atoms with E-state index in [0.717, 1.165) is 0 Å². The predicted molar refractivity (Wildman–Crippen MR) is 214 cm³/mol. The van der Waals surface area contributed by atoms with E-state index in [4.69, 9.17) is 0 Å². The second kappa shape index (κ2) is 10.6. The van der Waals surface area contributed by atoms with Crippen molar-refractivity contribution in [1.29, 1.82) is 0 Å². The van der Waals surface area contributed by atoms with Crippen LogP contribution in [0.1, 0.15) is 16.7 Å². The lowest BCUT2D eigenvalue weighted by Gasteiger charge is -2.40. The van der Waals surface area contributed by atoms with Crippen LogP contribution in [0.25, 0.3) is 60.2 Å². The van der Waals surface area contributed by atoms with Crippen molar-refractivity contribution in [1.82, 2.24) is 0 Å². The first-order valence-electron chi connectivity index (χ1n) is 17.5. The fraction of sp³-hybridized carbons (Fsp3) is 0. The van der Waals surface area contributed by atoms with E-state index in [1.807, 2.05) is 0 Å². The summed E-state index contributed by atoms with van der Waals surface area (Å²) in [7, 11) is 0. The van der Waals surface area contributed by atoms with E-state index in [2.05, 4.69) is 187 Å². The Balaban J connectivity index is 1.17. The highest BCUT2D eigenvalue weighted by molar-refractivity contribution is 6.88. The highest BCUT2D eigenvalue weighted by Crippen LogP contribution is 2.52. The maximum atomic E-state index is 2.42. The van der Waals surface area contributed by atoms with Crippen LogP contribution in [0.4, 0.5) is 5.69 Å². The molecule has 230 valence electrons. The van der Waals surface area contributed by atoms with E-state index >= 15 is 0 Å². The first-order valence-corrected chi connectivity index (χ1v) is 17.5. The van der Waals surface area contributed by atoms with E-state index in [0.29, 0.717) is 0 Å². The van der Waals surface area contributed by atoms with Gasteiger partial charge in [0.15, 0.2) is 0 Å². The van der Waals surface area contributed by atoms with Gasteiger partial charge in [-0.25, -0.2) is 0 Å². The number of hydrogen-bond donors (Lipinski definition) is 0. The van der Waals surface area contributed by atoms with Gasteiger partial charge in [0.05, 0.1) is 11.4 Å². The molecule has 0 amide bonds. The standard InChI is InChI=1S/C48H30BN/c1-2-12-31(13-3-1)32-22-24-45-42(29-32)47-44-20-10-11-26-49(44)43-19-9-8-18-40(43)48(47)46-30-34(25-27-50(45)46)33-21-23-39-37-16-5-4-14-35(37)36-15-6-7-17-38(36)41(39)28-33/h1-30H. The van der Waals surface area contributed by atoms with Gasteiger partial charge in [-0.2, -0.15) is 0 Å². The van der Waals surface area contributed by atoms with Crippen LogP contribution < -0.4 is 10.4 Å². The summed E-state index contributed by atoms with van der Waals surface area (Å²) in [4.78, 5) is 2.41. The van der Waals surface area contributed by atoms with Gasteiger partial charge in [0, 0.05) is 17.3 Å². The van der Waals surface area contributed by atoms with E-state index in [1.54, 1.807) is 0 Å². The summed E-state index contributed by atoms with van der Waals surface area (Å²) < 4.78 is 0. The van der Waals surface area contributed by atoms with Gasteiger partial charge in [0.25, 0.3) is 0 Å². The quantitative estimate of drug-likeness (QED) is 0.136. The van der Waals surface area contributed by atoms with Crippen LogP contribution in [0.15, 0.2) is 193 Å². The highest BCUT2D eigenvalue weighted by atomic mass is 15.1. The third kappa shape index (κ3) is 3.91. The van der Waals surface area contributed by atoms with Crippen molar-refractivity contribution in [3.8, 4) is 11.1 Å². The van der Waals surface area contributed by atoms with Crippen LogP contribution in [-0.4, -0.2) is 6.71 Å². The first-order chi connectivity index (χ1) is 24.8. The van der Waals surface area contributed by atoms with Crippen molar-refractivity contribution >= 4 is 66.9 Å². The van der Waals surface area contributed by atoms with E-state index in [9.17, 15) is 0 Å². The maximum Gasteiger partial charge on any atom is 0.235 e. The fourth-order valence-electron chi connectivity index (χ4n) is 8.81. The molecule has 4 heterocycles. The van der Waals surface area contributed by atoms with Crippen molar-refractivity contribution in [3.63, 3.8) is 0 Å². The van der Waals surface area contributed by atoms with Crippen LogP contribution in [0.5, 0.6) is 0 Å². The normalized spacial score (nSPS) is 15.6. The molecule has 4 aliphatic heterocycles. The predicted octanol–water partition coefficient (Wildman–Crippen LogP) is 11.3. The Morgan fingerprint density at radius 2 is 1.14 bits per heavy atom. The summed E-state index contributed by atoms with van der Waals surface area (Å²) in [5.41, 5.74) is 15.3. The average Bonchev–Trinajstić information content (AvgIpc) is 3.20. The lowest BCUT2D eigenvalue weighted by molar-refractivity contribution is 1.17. The van der Waals surface area contributed by atoms with Gasteiger partial charge in [0.1, 0.15) is 0 Å². The third-order valence-electron chi connectivity index (χ3n) is 11.1. The van der Waals surface area contributed by atoms with Crippen molar-refractivity contribution in [2.45, 2.75) is 0 Å². The number of anilines is 1. The minimum Gasteiger partial charge on any atom is -0.316 e. The zero-order valence-electron chi connectivity index (χ0n) is 27.3. The summed E-state index contributed by atoms with van der Waals surface area (Å²) in [6, 6.07) is 51.5. The molecule has 0 saturated carbocycles. The number of rotatable bonds is 2. The van der Waals surface area contributed by atoms with Crippen LogP contribution in [-0.2, 0) is 0 Å². The maximum absolute atomic E-state index is 2.42. The molecular formula is C48H30BN. The summed E-state index contributed by atoms with van der Waals surface area (Å²) in [5, 5.41) is 7.79. The number of fused-ring (bicyclic) bond motifs is 15. The molecule has 0 spiro atoms. The van der Waals surface area contributed by atoms with E-state index in [-0.39, 0.29) is 6.71 Å². The van der Waals surface area contributed by atoms with Gasteiger partial charge < -0.3 is 4.90 Å². The Morgan fingerprint density at radius 1 is 0.460 bits per heavy atom. The molecule has 1 nitrogen and oxygen atoms in total. The topological polar surface area (TPSA) is 3.24 Å². The molecule has 0 bridgehead atoms. The number of allylic oxidation sites excluding steroid dienone is 9. The second-order valence-electron chi connectivity index (χ2n) is 13.6. The Morgan fingerprint density at radius 3 is 1.94 bits per heavy atom. The zero-order chi connectivity index (χ0) is 32.8. The molecule has 2 heteroatoms. The molecule has 11 rings (SSSR count). The van der Waals surface area contributed by atoms with Crippen LogP contribution in [0.3, 0.4) is 0 Å². The molecule has 0 atom stereocenters. The largest absolute Gasteiger partial charge is 0.316 e. The SMILES string of the molecule is C1=CB2C(=C3C(=C4C=C(c5ccc6c7ccccc7c7ccccc7c6c5)C=CN4c4ccc(-c5ccccc5)cc43)c3ccccc32)C=C1. The number of hydrogen-bond acceptors (Lipinski definition) is 1. The molecule has 0 aliphatic carbocycles. The molecule has 7 aromatic rings. The fourth-order valence-corrected chi connectivity index (χ4v) is 8.81. The molecule has 7 aromatic carbocycles. The van der Waals surface area contributed by atoms with Crippen molar-refractivity contribution in [2.75, 3.05) is 4.90 Å². The molecule has 50 heavy (non-hydrogen) atoms.